The largest absolute Gasteiger partial charge is 0.503 e. The third-order valence-corrected chi connectivity index (χ3v) is 6.12. The van der Waals surface area contributed by atoms with Crippen LogP contribution in [-0.4, -0.2) is 30.5 Å². The van der Waals surface area contributed by atoms with E-state index in [4.69, 9.17) is 21.1 Å². The highest BCUT2D eigenvalue weighted by molar-refractivity contribution is 6.31. The number of aliphatic hydroxyl groups excluding tert-OH is 1. The minimum atomic E-state index is -0.852. The number of Topliss-reactive ketones (excluding diaryl/α,β-unsaturated/α-hetero) is 1. The molecular weight excluding hydrogens is 466 g/mol. The van der Waals surface area contributed by atoms with Crippen molar-refractivity contribution in [2.24, 2.45) is 0 Å². The Morgan fingerprint density at radius 2 is 1.80 bits per heavy atom. The zero-order chi connectivity index (χ0) is 24.9. The summed E-state index contributed by atoms with van der Waals surface area (Å²) in [6.45, 7) is 2.26. The monoisotopic (exact) mass is 491 g/mol. The molecule has 1 N–H and O–H groups in total. The van der Waals surface area contributed by atoms with Crippen LogP contribution in [0, 0.1) is 0 Å². The van der Waals surface area contributed by atoms with Gasteiger partial charge in [0.1, 0.15) is 0 Å². The van der Waals surface area contributed by atoms with E-state index in [2.05, 4.69) is 0 Å². The first-order valence-electron chi connectivity index (χ1n) is 11.3. The SMILES string of the molecule is CCOc1cc(C2C(C(=O)CCc3ccccc3)=C(O)C(=O)N2c2cccc(Cl)c2)ccc1OC. The molecule has 0 fully saturated rings. The fourth-order valence-electron chi connectivity index (χ4n) is 4.27. The summed E-state index contributed by atoms with van der Waals surface area (Å²) >= 11 is 6.21. The number of benzene rings is 3. The number of nitrogens with zero attached hydrogens (tertiary/aromatic N) is 1. The minimum Gasteiger partial charge on any atom is -0.503 e. The molecule has 0 aromatic heterocycles. The summed E-state index contributed by atoms with van der Waals surface area (Å²) in [5, 5.41) is 11.3. The number of rotatable bonds is 9. The summed E-state index contributed by atoms with van der Waals surface area (Å²) in [7, 11) is 1.54. The van der Waals surface area contributed by atoms with Crippen molar-refractivity contribution in [3.8, 4) is 11.5 Å². The fraction of sp³-hybridized carbons (Fsp3) is 0.214. The second-order valence-corrected chi connectivity index (χ2v) is 8.51. The molecule has 180 valence electrons. The Labute approximate surface area is 209 Å². The number of carbonyl (C=O) groups is 2. The molecule has 0 saturated heterocycles. The standard InChI is InChI=1S/C28H26ClNO5/c1-3-35-24-16-19(13-15-23(24)34-2)26-25(22(31)14-12-18-8-5-4-6-9-18)27(32)28(33)30(26)21-11-7-10-20(29)17-21/h4-11,13,15-17,26,32H,3,12,14H2,1-2H3. The van der Waals surface area contributed by atoms with Crippen LogP contribution in [0.5, 0.6) is 11.5 Å². The van der Waals surface area contributed by atoms with E-state index in [-0.39, 0.29) is 17.8 Å². The molecule has 3 aromatic carbocycles. The number of aliphatic hydroxyl groups is 1. The number of anilines is 1. The van der Waals surface area contributed by atoms with E-state index in [1.165, 1.54) is 4.90 Å². The highest BCUT2D eigenvalue weighted by Crippen LogP contribution is 2.44. The van der Waals surface area contributed by atoms with Gasteiger partial charge in [0.05, 0.1) is 25.3 Å². The number of methoxy groups -OCH3 is 1. The van der Waals surface area contributed by atoms with Crippen molar-refractivity contribution in [3.63, 3.8) is 0 Å². The van der Waals surface area contributed by atoms with Crippen molar-refractivity contribution in [1.29, 1.82) is 0 Å². The molecule has 35 heavy (non-hydrogen) atoms. The molecular formula is C28H26ClNO5. The molecule has 0 aliphatic carbocycles. The van der Waals surface area contributed by atoms with Crippen LogP contribution in [0.3, 0.4) is 0 Å². The van der Waals surface area contributed by atoms with Crippen molar-refractivity contribution in [2.45, 2.75) is 25.8 Å². The molecule has 1 amide bonds. The predicted molar refractivity (Wildman–Crippen MR) is 135 cm³/mol. The van der Waals surface area contributed by atoms with Gasteiger partial charge in [0.2, 0.25) is 0 Å². The van der Waals surface area contributed by atoms with Crippen molar-refractivity contribution >= 4 is 29.0 Å². The topological polar surface area (TPSA) is 76.1 Å². The smallest absolute Gasteiger partial charge is 0.294 e. The zero-order valence-electron chi connectivity index (χ0n) is 19.5. The Kier molecular flexibility index (Phi) is 7.42. The number of hydrogen-bond acceptors (Lipinski definition) is 5. The van der Waals surface area contributed by atoms with Gasteiger partial charge >= 0.3 is 0 Å². The summed E-state index contributed by atoms with van der Waals surface area (Å²) in [5.74, 6) is -0.508. The third-order valence-electron chi connectivity index (χ3n) is 5.88. The Balaban J connectivity index is 1.78. The van der Waals surface area contributed by atoms with Crippen LogP contribution >= 0.6 is 11.6 Å². The molecule has 0 bridgehead atoms. The van der Waals surface area contributed by atoms with E-state index in [9.17, 15) is 14.7 Å². The lowest BCUT2D eigenvalue weighted by Crippen LogP contribution is -2.31. The van der Waals surface area contributed by atoms with Crippen molar-refractivity contribution in [2.75, 3.05) is 18.6 Å². The summed E-state index contributed by atoms with van der Waals surface area (Å²) in [6, 6.07) is 20.7. The van der Waals surface area contributed by atoms with Crippen LogP contribution in [0.1, 0.15) is 30.5 Å². The summed E-state index contributed by atoms with van der Waals surface area (Å²) in [5.41, 5.74) is 2.13. The first-order valence-corrected chi connectivity index (χ1v) is 11.7. The fourth-order valence-corrected chi connectivity index (χ4v) is 4.45. The normalized spacial score (nSPS) is 15.5. The predicted octanol–water partition coefficient (Wildman–Crippen LogP) is 5.85. The number of amides is 1. The molecule has 1 atom stereocenters. The van der Waals surface area contributed by atoms with E-state index in [0.717, 1.165) is 5.56 Å². The Bertz CT molecular complexity index is 1270. The first-order chi connectivity index (χ1) is 16.9. The number of hydrogen-bond donors (Lipinski definition) is 1. The van der Waals surface area contributed by atoms with Gasteiger partial charge in [-0.3, -0.25) is 14.5 Å². The van der Waals surface area contributed by atoms with Gasteiger partial charge in [-0.05, 0) is 54.8 Å². The van der Waals surface area contributed by atoms with Crippen LogP contribution in [0.2, 0.25) is 5.02 Å². The maximum atomic E-state index is 13.5. The second-order valence-electron chi connectivity index (χ2n) is 8.07. The first kappa shape index (κ1) is 24.4. The van der Waals surface area contributed by atoms with Crippen molar-refractivity contribution in [3.05, 3.63) is 100 Å². The van der Waals surface area contributed by atoms with E-state index in [0.29, 0.717) is 40.8 Å². The van der Waals surface area contributed by atoms with Gasteiger partial charge in [-0.2, -0.15) is 0 Å². The quantitative estimate of drug-likeness (QED) is 0.406. The minimum absolute atomic E-state index is 0.0542. The zero-order valence-corrected chi connectivity index (χ0v) is 20.3. The van der Waals surface area contributed by atoms with Gasteiger partial charge in [-0.1, -0.05) is 54.1 Å². The highest BCUT2D eigenvalue weighted by Gasteiger charge is 2.44. The Morgan fingerprint density at radius 1 is 1.03 bits per heavy atom. The highest BCUT2D eigenvalue weighted by atomic mass is 35.5. The molecule has 0 radical (unpaired) electrons. The van der Waals surface area contributed by atoms with Crippen LogP contribution in [-0.2, 0) is 16.0 Å². The van der Waals surface area contributed by atoms with Crippen LogP contribution < -0.4 is 14.4 Å². The molecule has 1 heterocycles. The van der Waals surface area contributed by atoms with Crippen LogP contribution in [0.25, 0.3) is 0 Å². The molecule has 1 aliphatic rings. The lowest BCUT2D eigenvalue weighted by Gasteiger charge is -2.27. The van der Waals surface area contributed by atoms with E-state index in [1.807, 2.05) is 37.3 Å². The summed E-state index contributed by atoms with van der Waals surface area (Å²) in [4.78, 5) is 28.1. The van der Waals surface area contributed by atoms with E-state index in [1.54, 1.807) is 49.6 Å². The average Bonchev–Trinajstić information content (AvgIpc) is 3.13. The summed E-state index contributed by atoms with van der Waals surface area (Å²) < 4.78 is 11.1. The van der Waals surface area contributed by atoms with Crippen molar-refractivity contribution in [1.82, 2.24) is 0 Å². The summed E-state index contributed by atoms with van der Waals surface area (Å²) in [6.07, 6.45) is 0.631. The van der Waals surface area contributed by atoms with Gasteiger partial charge in [0.25, 0.3) is 5.91 Å². The number of aryl methyl sites for hydroxylation is 1. The number of ketones is 1. The van der Waals surface area contributed by atoms with Crippen molar-refractivity contribution < 1.29 is 24.2 Å². The molecule has 1 aliphatic heterocycles. The van der Waals surface area contributed by atoms with Gasteiger partial charge in [-0.25, -0.2) is 0 Å². The van der Waals surface area contributed by atoms with Gasteiger partial charge < -0.3 is 14.6 Å². The van der Waals surface area contributed by atoms with Gasteiger partial charge in [0.15, 0.2) is 23.0 Å². The second kappa shape index (κ2) is 10.7. The lowest BCUT2D eigenvalue weighted by molar-refractivity contribution is -0.118. The van der Waals surface area contributed by atoms with Gasteiger partial charge in [0, 0.05) is 17.1 Å². The molecule has 0 spiro atoms. The van der Waals surface area contributed by atoms with Gasteiger partial charge in [-0.15, -0.1) is 0 Å². The van der Waals surface area contributed by atoms with Crippen LogP contribution in [0.4, 0.5) is 5.69 Å². The maximum absolute atomic E-state index is 13.5. The lowest BCUT2D eigenvalue weighted by atomic mass is 9.92. The molecule has 0 saturated carbocycles. The number of carbonyl (C=O) groups excluding carboxylic acids is 2. The Hall–Kier alpha value is -3.77. The third kappa shape index (κ3) is 5.03. The molecule has 6 nitrogen and oxygen atoms in total. The van der Waals surface area contributed by atoms with E-state index < -0.39 is 17.7 Å². The molecule has 1 unspecified atom stereocenters. The average molecular weight is 492 g/mol. The van der Waals surface area contributed by atoms with E-state index >= 15 is 0 Å². The number of ether oxygens (including phenoxy) is 2. The number of halogens is 1. The molecule has 4 rings (SSSR count). The Morgan fingerprint density at radius 3 is 2.49 bits per heavy atom. The van der Waals surface area contributed by atoms with Crippen LogP contribution in [0.15, 0.2) is 84.1 Å². The molecule has 3 aromatic rings. The molecule has 7 heteroatoms. The maximum Gasteiger partial charge on any atom is 0.294 e.